The lowest BCUT2D eigenvalue weighted by atomic mass is 10.1. The van der Waals surface area contributed by atoms with E-state index in [2.05, 4.69) is 15.9 Å². The first kappa shape index (κ1) is 22.4. The topological polar surface area (TPSA) is 55.8 Å². The van der Waals surface area contributed by atoms with Crippen LogP contribution in [0.2, 0.25) is 0 Å². The van der Waals surface area contributed by atoms with Gasteiger partial charge in [-0.25, -0.2) is 0 Å². The zero-order valence-electron chi connectivity index (χ0n) is 17.2. The molecular formula is C23H24BrNO4S. The predicted octanol–water partition coefficient (Wildman–Crippen LogP) is 6.18. The highest BCUT2D eigenvalue weighted by Crippen LogP contribution is 2.39. The summed E-state index contributed by atoms with van der Waals surface area (Å²) >= 11 is 4.53. The summed E-state index contributed by atoms with van der Waals surface area (Å²) in [5, 5.41) is -0.227. The fourth-order valence-corrected chi connectivity index (χ4v) is 4.42. The van der Waals surface area contributed by atoms with E-state index in [1.54, 1.807) is 6.08 Å². The summed E-state index contributed by atoms with van der Waals surface area (Å²) in [5.41, 5.74) is 3.02. The van der Waals surface area contributed by atoms with Crippen LogP contribution in [0.5, 0.6) is 11.5 Å². The summed E-state index contributed by atoms with van der Waals surface area (Å²) in [4.78, 5) is 26.3. The molecule has 2 aromatic rings. The second-order valence-electron chi connectivity index (χ2n) is 6.87. The van der Waals surface area contributed by atoms with Crippen molar-refractivity contribution in [3.05, 3.63) is 62.5 Å². The van der Waals surface area contributed by atoms with Crippen molar-refractivity contribution >= 4 is 44.9 Å². The van der Waals surface area contributed by atoms with Gasteiger partial charge in [-0.15, -0.1) is 0 Å². The van der Waals surface area contributed by atoms with Crippen LogP contribution >= 0.6 is 27.7 Å². The van der Waals surface area contributed by atoms with Gasteiger partial charge in [0.05, 0.1) is 16.0 Å². The first-order chi connectivity index (χ1) is 14.4. The smallest absolute Gasteiger partial charge is 0.293 e. The number of hydrogen-bond donors (Lipinski definition) is 0. The third-order valence-corrected chi connectivity index (χ3v) is 5.95. The Hall–Kier alpha value is -2.25. The molecule has 158 valence electrons. The van der Waals surface area contributed by atoms with Crippen LogP contribution in [-0.2, 0) is 11.4 Å². The highest BCUT2D eigenvalue weighted by Gasteiger charge is 2.34. The van der Waals surface area contributed by atoms with Crippen LogP contribution in [0.1, 0.15) is 37.0 Å². The highest BCUT2D eigenvalue weighted by molar-refractivity contribution is 9.10. The predicted molar refractivity (Wildman–Crippen MR) is 124 cm³/mol. The van der Waals surface area contributed by atoms with Crippen molar-refractivity contribution in [2.24, 2.45) is 0 Å². The number of amides is 2. The third kappa shape index (κ3) is 5.26. The molecule has 0 spiro atoms. The number of aryl methyl sites for hydroxylation is 1. The minimum absolute atomic E-state index is 0.227. The molecule has 1 saturated heterocycles. The van der Waals surface area contributed by atoms with Gasteiger partial charge in [-0.1, -0.05) is 36.8 Å². The number of carbonyl (C=O) groups is 2. The van der Waals surface area contributed by atoms with Gasteiger partial charge in [-0.2, -0.15) is 0 Å². The van der Waals surface area contributed by atoms with Gasteiger partial charge in [0.25, 0.3) is 11.1 Å². The Morgan fingerprint density at radius 2 is 1.83 bits per heavy atom. The number of hydrogen-bond acceptors (Lipinski definition) is 5. The van der Waals surface area contributed by atoms with Crippen molar-refractivity contribution in [2.75, 3.05) is 13.2 Å². The maximum absolute atomic E-state index is 12.5. The monoisotopic (exact) mass is 489 g/mol. The molecule has 0 saturated carbocycles. The molecule has 3 rings (SSSR count). The van der Waals surface area contributed by atoms with E-state index in [-0.39, 0.29) is 11.1 Å². The molecule has 0 unspecified atom stereocenters. The molecule has 1 aliphatic heterocycles. The van der Waals surface area contributed by atoms with E-state index in [0.717, 1.165) is 33.8 Å². The number of nitrogens with zero attached hydrogens (tertiary/aromatic N) is 1. The molecule has 7 heteroatoms. The zero-order chi connectivity index (χ0) is 21.7. The molecule has 2 aromatic carbocycles. The van der Waals surface area contributed by atoms with Crippen LogP contribution in [0, 0.1) is 6.92 Å². The Kier molecular flexibility index (Phi) is 7.61. The number of carbonyl (C=O) groups excluding carboxylic acids is 2. The maximum atomic E-state index is 12.5. The summed E-state index contributed by atoms with van der Waals surface area (Å²) in [6.45, 7) is 7.21. The fraction of sp³-hybridized carbons (Fsp3) is 0.304. The first-order valence-corrected chi connectivity index (χ1v) is 11.4. The van der Waals surface area contributed by atoms with Crippen LogP contribution in [0.4, 0.5) is 4.79 Å². The summed E-state index contributed by atoms with van der Waals surface area (Å²) < 4.78 is 12.5. The van der Waals surface area contributed by atoms with Gasteiger partial charge in [0.1, 0.15) is 6.61 Å². The van der Waals surface area contributed by atoms with Gasteiger partial charge in [0.15, 0.2) is 11.5 Å². The number of rotatable bonds is 8. The molecule has 0 radical (unpaired) electrons. The van der Waals surface area contributed by atoms with Gasteiger partial charge in [-0.3, -0.25) is 14.5 Å². The molecule has 1 heterocycles. The largest absolute Gasteiger partial charge is 0.490 e. The molecule has 2 amide bonds. The second kappa shape index (κ2) is 10.2. The quantitative estimate of drug-likeness (QED) is 0.414. The Bertz CT molecular complexity index is 972. The van der Waals surface area contributed by atoms with Crippen LogP contribution in [0.3, 0.4) is 0 Å². The van der Waals surface area contributed by atoms with Crippen molar-refractivity contribution in [2.45, 2.75) is 33.8 Å². The summed E-state index contributed by atoms with van der Waals surface area (Å²) in [6, 6.07) is 11.8. The molecule has 0 aliphatic carbocycles. The molecule has 1 aliphatic rings. The van der Waals surface area contributed by atoms with E-state index in [1.807, 2.05) is 57.2 Å². The van der Waals surface area contributed by atoms with Crippen molar-refractivity contribution in [1.82, 2.24) is 4.90 Å². The second-order valence-corrected chi connectivity index (χ2v) is 8.72. The van der Waals surface area contributed by atoms with E-state index < -0.39 is 0 Å². The standard InChI is InChI=1S/C23H24BrNO4S/c1-4-10-25-22(26)20(30-23(25)27)13-17-11-18(24)21(19(12-17)28-5-2)29-14-16-8-6-15(3)7-9-16/h6-9,11-13H,4-5,10,14H2,1-3H3/b20-13+. The molecule has 0 aromatic heterocycles. The summed E-state index contributed by atoms with van der Waals surface area (Å²) in [7, 11) is 0. The van der Waals surface area contributed by atoms with Gasteiger partial charge in [0, 0.05) is 6.54 Å². The molecule has 0 bridgehead atoms. The molecule has 1 fully saturated rings. The van der Waals surface area contributed by atoms with Crippen LogP contribution in [0.25, 0.3) is 6.08 Å². The Morgan fingerprint density at radius 1 is 1.10 bits per heavy atom. The Labute approximate surface area is 189 Å². The minimum atomic E-state index is -0.249. The van der Waals surface area contributed by atoms with E-state index in [0.29, 0.717) is 36.2 Å². The summed E-state index contributed by atoms with van der Waals surface area (Å²) in [6.07, 6.45) is 2.45. The Morgan fingerprint density at radius 3 is 2.50 bits per heavy atom. The van der Waals surface area contributed by atoms with Crippen LogP contribution in [-0.4, -0.2) is 29.2 Å². The molecular weight excluding hydrogens is 466 g/mol. The highest BCUT2D eigenvalue weighted by atomic mass is 79.9. The number of imide groups is 1. The van der Waals surface area contributed by atoms with Gasteiger partial charge >= 0.3 is 0 Å². The lowest BCUT2D eigenvalue weighted by Gasteiger charge is -2.15. The number of thioether (sulfide) groups is 1. The van der Waals surface area contributed by atoms with E-state index in [4.69, 9.17) is 9.47 Å². The van der Waals surface area contributed by atoms with Crippen molar-refractivity contribution < 1.29 is 19.1 Å². The van der Waals surface area contributed by atoms with Gasteiger partial charge < -0.3 is 9.47 Å². The Balaban J connectivity index is 1.85. The fourth-order valence-electron chi connectivity index (χ4n) is 2.98. The van der Waals surface area contributed by atoms with E-state index in [1.165, 1.54) is 10.5 Å². The average molecular weight is 490 g/mol. The van der Waals surface area contributed by atoms with E-state index in [9.17, 15) is 9.59 Å². The van der Waals surface area contributed by atoms with Crippen LogP contribution in [0.15, 0.2) is 45.8 Å². The van der Waals surface area contributed by atoms with Crippen molar-refractivity contribution in [3.8, 4) is 11.5 Å². The SMILES string of the molecule is CCCN1C(=O)S/C(=C/c2cc(Br)c(OCc3ccc(C)cc3)c(OCC)c2)C1=O. The maximum Gasteiger partial charge on any atom is 0.293 e. The van der Waals surface area contributed by atoms with Gasteiger partial charge in [0.2, 0.25) is 0 Å². The minimum Gasteiger partial charge on any atom is -0.490 e. The average Bonchev–Trinajstić information content (AvgIpc) is 2.97. The molecule has 0 atom stereocenters. The molecule has 30 heavy (non-hydrogen) atoms. The van der Waals surface area contributed by atoms with Gasteiger partial charge in [-0.05, 0) is 77.3 Å². The van der Waals surface area contributed by atoms with E-state index >= 15 is 0 Å². The number of benzene rings is 2. The molecule has 0 N–H and O–H groups in total. The lowest BCUT2D eigenvalue weighted by molar-refractivity contribution is -0.122. The molecule has 5 nitrogen and oxygen atoms in total. The van der Waals surface area contributed by atoms with Crippen molar-refractivity contribution in [3.63, 3.8) is 0 Å². The first-order valence-electron chi connectivity index (χ1n) is 9.83. The lowest BCUT2D eigenvalue weighted by Crippen LogP contribution is -2.28. The van der Waals surface area contributed by atoms with Crippen molar-refractivity contribution in [1.29, 1.82) is 0 Å². The summed E-state index contributed by atoms with van der Waals surface area (Å²) in [5.74, 6) is 0.937. The number of ether oxygens (including phenoxy) is 2. The zero-order valence-corrected chi connectivity index (χ0v) is 19.6. The van der Waals surface area contributed by atoms with Crippen LogP contribution < -0.4 is 9.47 Å². The normalized spacial score (nSPS) is 15.2. The third-order valence-electron chi connectivity index (χ3n) is 4.45. The number of halogens is 1.